The normalized spacial score (nSPS) is 14.1. The lowest BCUT2D eigenvalue weighted by molar-refractivity contribution is -0.137. The Bertz CT molecular complexity index is 1110. The number of hydrogen-bond donors (Lipinski definition) is 0. The van der Waals surface area contributed by atoms with Crippen LogP contribution in [0, 0.1) is 13.8 Å². The summed E-state index contributed by atoms with van der Waals surface area (Å²) in [7, 11) is 3.25. The highest BCUT2D eigenvalue weighted by Crippen LogP contribution is 2.28. The van der Waals surface area contributed by atoms with Gasteiger partial charge < -0.3 is 23.8 Å². The Labute approximate surface area is 201 Å². The van der Waals surface area contributed by atoms with Crippen molar-refractivity contribution in [2.24, 2.45) is 0 Å². The maximum atomic E-state index is 13.1. The number of ether oxygens (including phenoxy) is 2. The van der Waals surface area contributed by atoms with Gasteiger partial charge in [0.1, 0.15) is 23.8 Å². The summed E-state index contributed by atoms with van der Waals surface area (Å²) in [5.74, 6) is 1.30. The smallest absolute Gasteiger partial charge is 0.248 e. The van der Waals surface area contributed by atoms with Crippen LogP contribution >= 0.6 is 0 Å². The molecular formula is C23H34N4O6S. The number of nitrogens with zero attached hydrogens (tertiary/aromatic N) is 4. The van der Waals surface area contributed by atoms with Gasteiger partial charge in [-0.2, -0.15) is 4.31 Å². The number of sulfonamides is 1. The number of likely N-dealkylation sites (N-methyl/N-ethyl adjacent to an activating group) is 1. The lowest BCUT2D eigenvalue weighted by atomic mass is 10.1. The van der Waals surface area contributed by atoms with E-state index in [0.717, 1.165) is 17.0 Å². The Balaban J connectivity index is 1.53. The van der Waals surface area contributed by atoms with Gasteiger partial charge in [-0.1, -0.05) is 5.16 Å². The molecule has 0 N–H and O–H groups in total. The average molecular weight is 495 g/mol. The molecule has 1 aromatic heterocycles. The Hall–Kier alpha value is -2.47. The molecule has 11 heteroatoms. The average Bonchev–Trinajstić information content (AvgIpc) is 3.16. The van der Waals surface area contributed by atoms with Gasteiger partial charge in [0.15, 0.2) is 0 Å². The molecule has 0 unspecified atom stereocenters. The van der Waals surface area contributed by atoms with Crippen LogP contribution in [0.3, 0.4) is 0 Å². The van der Waals surface area contributed by atoms with Crippen LogP contribution in [0.4, 0.5) is 0 Å². The molecular weight excluding hydrogens is 460 g/mol. The van der Waals surface area contributed by atoms with Crippen molar-refractivity contribution in [3.63, 3.8) is 0 Å². The molecule has 0 radical (unpaired) electrons. The predicted molar refractivity (Wildman–Crippen MR) is 126 cm³/mol. The predicted octanol–water partition coefficient (Wildman–Crippen LogP) is 1.58. The van der Waals surface area contributed by atoms with Gasteiger partial charge in [-0.05, 0) is 51.2 Å². The van der Waals surface area contributed by atoms with E-state index < -0.39 is 10.0 Å². The third-order valence-corrected chi connectivity index (χ3v) is 8.00. The first-order chi connectivity index (χ1) is 16.0. The maximum Gasteiger partial charge on any atom is 0.248 e. The Morgan fingerprint density at radius 1 is 1.21 bits per heavy atom. The maximum absolute atomic E-state index is 13.1. The topological polar surface area (TPSA) is 105 Å². The third kappa shape index (κ3) is 5.77. The number of hydrogen-bond acceptors (Lipinski definition) is 8. The molecule has 0 bridgehead atoms. The van der Waals surface area contributed by atoms with E-state index in [4.69, 9.17) is 14.0 Å². The Kier molecular flexibility index (Phi) is 8.34. The number of methoxy groups -OCH3 is 1. The third-order valence-electron chi connectivity index (χ3n) is 5.84. The van der Waals surface area contributed by atoms with Gasteiger partial charge in [-0.25, -0.2) is 8.42 Å². The quantitative estimate of drug-likeness (QED) is 0.459. The molecule has 34 heavy (non-hydrogen) atoms. The second-order valence-electron chi connectivity index (χ2n) is 8.80. The summed E-state index contributed by atoms with van der Waals surface area (Å²) in [5.41, 5.74) is 3.04. The highest BCUT2D eigenvalue weighted by Gasteiger charge is 2.28. The van der Waals surface area contributed by atoms with Crippen molar-refractivity contribution in [1.82, 2.24) is 19.3 Å². The van der Waals surface area contributed by atoms with Gasteiger partial charge in [0.25, 0.3) is 0 Å². The minimum absolute atomic E-state index is 0.105. The number of carbonyl (C=O) groups is 1. The van der Waals surface area contributed by atoms with Gasteiger partial charge in [0, 0.05) is 38.7 Å². The van der Waals surface area contributed by atoms with Crippen molar-refractivity contribution in [3.8, 4) is 5.75 Å². The molecule has 0 fully saturated rings. The van der Waals surface area contributed by atoms with Crippen LogP contribution in [0.15, 0.2) is 21.6 Å². The van der Waals surface area contributed by atoms with Crippen molar-refractivity contribution >= 4 is 15.9 Å². The first-order valence-electron chi connectivity index (χ1n) is 11.1. The van der Waals surface area contributed by atoms with Crippen LogP contribution in [0.2, 0.25) is 0 Å². The highest BCUT2D eigenvalue weighted by molar-refractivity contribution is 7.89. The number of amides is 1. The fourth-order valence-electron chi connectivity index (χ4n) is 4.06. The summed E-state index contributed by atoms with van der Waals surface area (Å²) in [6, 6.07) is 3.40. The zero-order chi connectivity index (χ0) is 25.0. The molecule has 10 nitrogen and oxygen atoms in total. The molecule has 0 saturated heterocycles. The van der Waals surface area contributed by atoms with Gasteiger partial charge in [-0.15, -0.1) is 0 Å². The lowest BCUT2D eigenvalue weighted by Gasteiger charge is -2.26. The summed E-state index contributed by atoms with van der Waals surface area (Å²) in [5, 5.41) is 4.14. The van der Waals surface area contributed by atoms with Gasteiger partial charge in [-0.3, -0.25) is 4.79 Å². The molecule has 0 spiro atoms. The van der Waals surface area contributed by atoms with Crippen molar-refractivity contribution in [1.29, 1.82) is 0 Å². The van der Waals surface area contributed by atoms with Crippen molar-refractivity contribution < 1.29 is 27.2 Å². The van der Waals surface area contributed by atoms with Crippen LogP contribution in [-0.2, 0) is 39.1 Å². The van der Waals surface area contributed by atoms with E-state index in [-0.39, 0.29) is 30.6 Å². The number of fused-ring (bicyclic) bond motifs is 1. The van der Waals surface area contributed by atoms with E-state index in [1.54, 1.807) is 38.0 Å². The second kappa shape index (κ2) is 10.9. The SMILES string of the molecule is COc1cc(C)c(S(=O)(=O)N(C)CCOCC(=O)N2CCc3onc(CN(C)C)c3C2)c(C)c1. The summed E-state index contributed by atoms with van der Waals surface area (Å²) >= 11 is 0. The summed E-state index contributed by atoms with van der Waals surface area (Å²) in [6.45, 7) is 5.23. The molecule has 0 atom stereocenters. The van der Waals surface area contributed by atoms with Crippen LogP contribution in [0.25, 0.3) is 0 Å². The molecule has 3 rings (SSSR count). The first kappa shape index (κ1) is 26.1. The Morgan fingerprint density at radius 2 is 1.88 bits per heavy atom. The number of aromatic nitrogens is 1. The Morgan fingerprint density at radius 3 is 2.50 bits per heavy atom. The molecule has 1 aliphatic heterocycles. The number of rotatable bonds is 10. The lowest BCUT2D eigenvalue weighted by Crippen LogP contribution is -2.39. The number of aryl methyl sites for hydroxylation is 2. The monoisotopic (exact) mass is 494 g/mol. The number of benzene rings is 1. The van der Waals surface area contributed by atoms with E-state index in [1.165, 1.54) is 11.4 Å². The van der Waals surface area contributed by atoms with Crippen LogP contribution in [0.1, 0.15) is 28.1 Å². The van der Waals surface area contributed by atoms with E-state index in [9.17, 15) is 13.2 Å². The van der Waals surface area contributed by atoms with E-state index in [1.807, 2.05) is 19.0 Å². The molecule has 188 valence electrons. The van der Waals surface area contributed by atoms with Crippen molar-refractivity contribution in [2.45, 2.75) is 38.3 Å². The van der Waals surface area contributed by atoms with Gasteiger partial charge in [0.05, 0.1) is 25.2 Å². The second-order valence-corrected chi connectivity index (χ2v) is 10.8. The first-order valence-corrected chi connectivity index (χ1v) is 12.6. The molecule has 1 aromatic carbocycles. The van der Waals surface area contributed by atoms with Gasteiger partial charge in [0.2, 0.25) is 15.9 Å². The summed E-state index contributed by atoms with van der Waals surface area (Å²) < 4.78 is 43.6. The van der Waals surface area contributed by atoms with Crippen LogP contribution in [0.5, 0.6) is 5.75 Å². The van der Waals surface area contributed by atoms with Crippen LogP contribution in [-0.4, -0.2) is 88.1 Å². The fourth-order valence-corrected chi connectivity index (χ4v) is 5.61. The zero-order valence-corrected chi connectivity index (χ0v) is 21.6. The van der Waals surface area contributed by atoms with Gasteiger partial charge >= 0.3 is 0 Å². The summed E-state index contributed by atoms with van der Waals surface area (Å²) in [4.78, 5) is 16.7. The molecule has 2 heterocycles. The number of carbonyl (C=O) groups excluding carboxylic acids is 1. The van der Waals surface area contributed by atoms with E-state index in [2.05, 4.69) is 5.16 Å². The largest absolute Gasteiger partial charge is 0.497 e. The zero-order valence-electron chi connectivity index (χ0n) is 20.8. The highest BCUT2D eigenvalue weighted by atomic mass is 32.2. The summed E-state index contributed by atoms with van der Waals surface area (Å²) in [6.07, 6.45) is 0.614. The van der Waals surface area contributed by atoms with E-state index >= 15 is 0 Å². The standard InChI is InChI=1S/C23H34N4O6S/c1-16-11-18(31-6)12-17(2)23(16)34(29,30)26(5)9-10-32-15-22(28)27-8-7-21-19(13-27)20(24-33-21)14-25(3)4/h11-12H,7-10,13-15H2,1-6H3. The molecule has 2 aromatic rings. The molecule has 0 aliphatic carbocycles. The molecule has 1 aliphatic rings. The van der Waals surface area contributed by atoms with Crippen molar-refractivity contribution in [3.05, 3.63) is 40.3 Å². The minimum Gasteiger partial charge on any atom is -0.497 e. The van der Waals surface area contributed by atoms with E-state index in [0.29, 0.717) is 42.9 Å². The molecule has 0 saturated carbocycles. The molecule has 1 amide bonds. The minimum atomic E-state index is -3.71. The fraction of sp³-hybridized carbons (Fsp3) is 0.565. The van der Waals surface area contributed by atoms with Crippen molar-refractivity contribution in [2.75, 3.05) is 54.6 Å². The van der Waals surface area contributed by atoms with Crippen LogP contribution < -0.4 is 4.74 Å².